The highest BCUT2D eigenvalue weighted by Gasteiger charge is 2.36. The molecule has 0 amide bonds. The lowest BCUT2D eigenvalue weighted by Gasteiger charge is -2.00. The van der Waals surface area contributed by atoms with Gasteiger partial charge in [0.05, 0.1) is 12.2 Å². The minimum Gasteiger partial charge on any atom is -0.369 e. The first kappa shape index (κ1) is 17.8. The van der Waals surface area contributed by atoms with Gasteiger partial charge in [-0.3, -0.25) is 0 Å². The lowest BCUT2D eigenvalue weighted by Crippen LogP contribution is -1.93. The van der Waals surface area contributed by atoms with Gasteiger partial charge in [0, 0.05) is 0 Å². The van der Waals surface area contributed by atoms with Crippen molar-refractivity contribution in [1.29, 1.82) is 0 Å². The van der Waals surface area contributed by atoms with Crippen LogP contribution in [0.15, 0.2) is 12.2 Å². The zero-order valence-corrected chi connectivity index (χ0v) is 13.9. The maximum Gasteiger partial charge on any atom is 0.0876 e. The summed E-state index contributed by atoms with van der Waals surface area (Å²) in [5.74, 6) is 0. The third-order valence-corrected chi connectivity index (χ3v) is 4.29. The van der Waals surface area contributed by atoms with E-state index in [9.17, 15) is 0 Å². The van der Waals surface area contributed by atoms with E-state index in [2.05, 4.69) is 26.0 Å². The number of unbranched alkanes of at least 4 members (excludes halogenated alkanes) is 9. The molecular formula is C19H36O. The van der Waals surface area contributed by atoms with Gasteiger partial charge in [-0.15, -0.1) is 0 Å². The fourth-order valence-corrected chi connectivity index (χ4v) is 2.79. The van der Waals surface area contributed by atoms with Crippen LogP contribution in [-0.4, -0.2) is 12.2 Å². The highest BCUT2D eigenvalue weighted by Crippen LogP contribution is 2.30. The predicted octanol–water partition coefficient (Wildman–Crippen LogP) is 6.42. The molecule has 1 heteroatoms. The second-order valence-corrected chi connectivity index (χ2v) is 6.33. The molecule has 0 aromatic heterocycles. The monoisotopic (exact) mass is 280 g/mol. The van der Waals surface area contributed by atoms with Gasteiger partial charge in [-0.05, 0) is 19.3 Å². The molecule has 2 atom stereocenters. The Bertz CT molecular complexity index is 234. The molecule has 1 nitrogen and oxygen atoms in total. The van der Waals surface area contributed by atoms with Crippen molar-refractivity contribution in [1.82, 2.24) is 0 Å². The SMILES string of the molecule is CCCC/C=C\CC1OC1CCCCCCCCCC. The molecule has 118 valence electrons. The van der Waals surface area contributed by atoms with Crippen molar-refractivity contribution in [2.24, 2.45) is 0 Å². The fourth-order valence-electron chi connectivity index (χ4n) is 2.79. The summed E-state index contributed by atoms with van der Waals surface area (Å²) in [6.07, 6.45) is 23.4. The van der Waals surface area contributed by atoms with Crippen molar-refractivity contribution in [3.63, 3.8) is 0 Å². The summed E-state index contributed by atoms with van der Waals surface area (Å²) in [5, 5.41) is 0. The van der Waals surface area contributed by atoms with Gasteiger partial charge in [-0.1, -0.05) is 90.2 Å². The molecule has 1 saturated heterocycles. The van der Waals surface area contributed by atoms with E-state index in [0.29, 0.717) is 12.2 Å². The smallest absolute Gasteiger partial charge is 0.0876 e. The minimum atomic E-state index is 0.553. The van der Waals surface area contributed by atoms with Gasteiger partial charge < -0.3 is 4.74 Å². The van der Waals surface area contributed by atoms with Gasteiger partial charge in [0.1, 0.15) is 0 Å². The zero-order valence-electron chi connectivity index (χ0n) is 13.9. The largest absolute Gasteiger partial charge is 0.369 e. The Morgan fingerprint density at radius 3 is 2.05 bits per heavy atom. The Morgan fingerprint density at radius 2 is 1.35 bits per heavy atom. The molecule has 1 aliphatic rings. The number of rotatable bonds is 14. The summed E-state index contributed by atoms with van der Waals surface area (Å²) in [6, 6.07) is 0. The average molecular weight is 280 g/mol. The Kier molecular flexibility index (Phi) is 11.0. The van der Waals surface area contributed by atoms with Gasteiger partial charge in [-0.2, -0.15) is 0 Å². The summed E-state index contributed by atoms with van der Waals surface area (Å²) < 4.78 is 5.73. The normalized spacial score (nSPS) is 21.7. The third kappa shape index (κ3) is 9.58. The molecule has 0 bridgehead atoms. The van der Waals surface area contributed by atoms with Crippen LogP contribution in [0, 0.1) is 0 Å². The first-order valence-corrected chi connectivity index (χ1v) is 9.19. The number of hydrogen-bond donors (Lipinski definition) is 0. The van der Waals surface area contributed by atoms with Crippen LogP contribution in [0.1, 0.15) is 97.3 Å². The van der Waals surface area contributed by atoms with Crippen LogP contribution in [0.3, 0.4) is 0 Å². The fraction of sp³-hybridized carbons (Fsp3) is 0.895. The maximum absolute atomic E-state index is 5.73. The summed E-state index contributed by atoms with van der Waals surface area (Å²) in [7, 11) is 0. The molecule has 0 aromatic carbocycles. The van der Waals surface area contributed by atoms with Crippen LogP contribution in [0.25, 0.3) is 0 Å². The van der Waals surface area contributed by atoms with Crippen molar-refractivity contribution in [3.8, 4) is 0 Å². The van der Waals surface area contributed by atoms with Crippen LogP contribution >= 0.6 is 0 Å². The summed E-state index contributed by atoms with van der Waals surface area (Å²) in [5.41, 5.74) is 0. The van der Waals surface area contributed by atoms with E-state index >= 15 is 0 Å². The van der Waals surface area contributed by atoms with Gasteiger partial charge in [0.25, 0.3) is 0 Å². The summed E-state index contributed by atoms with van der Waals surface area (Å²) >= 11 is 0. The zero-order chi connectivity index (χ0) is 14.5. The Labute approximate surface area is 127 Å². The van der Waals surface area contributed by atoms with E-state index < -0.39 is 0 Å². The summed E-state index contributed by atoms with van der Waals surface area (Å²) in [4.78, 5) is 0. The van der Waals surface area contributed by atoms with Gasteiger partial charge in [-0.25, -0.2) is 0 Å². The van der Waals surface area contributed by atoms with Crippen molar-refractivity contribution >= 4 is 0 Å². The first-order valence-electron chi connectivity index (χ1n) is 9.19. The molecular weight excluding hydrogens is 244 g/mol. The molecule has 0 aromatic rings. The molecule has 1 fully saturated rings. The maximum atomic E-state index is 5.73. The van der Waals surface area contributed by atoms with E-state index in [1.165, 1.54) is 77.0 Å². The Hall–Kier alpha value is -0.300. The third-order valence-electron chi connectivity index (χ3n) is 4.29. The number of allylic oxidation sites excluding steroid dienone is 1. The highest BCUT2D eigenvalue weighted by molar-refractivity contribution is 4.93. The number of ether oxygens (including phenoxy) is 1. The van der Waals surface area contributed by atoms with Gasteiger partial charge in [0.15, 0.2) is 0 Å². The first-order chi connectivity index (χ1) is 9.88. The van der Waals surface area contributed by atoms with Crippen molar-refractivity contribution in [2.45, 2.75) is 110 Å². The van der Waals surface area contributed by atoms with Crippen LogP contribution < -0.4 is 0 Å². The average Bonchev–Trinajstić information content (AvgIpc) is 3.20. The minimum absolute atomic E-state index is 0.553. The van der Waals surface area contributed by atoms with Crippen molar-refractivity contribution in [3.05, 3.63) is 12.2 Å². The van der Waals surface area contributed by atoms with Crippen molar-refractivity contribution in [2.75, 3.05) is 0 Å². The molecule has 0 radical (unpaired) electrons. The molecule has 1 aliphatic heterocycles. The predicted molar refractivity (Wildman–Crippen MR) is 89.2 cm³/mol. The van der Waals surface area contributed by atoms with Crippen LogP contribution in [0.2, 0.25) is 0 Å². The molecule has 0 N–H and O–H groups in total. The van der Waals surface area contributed by atoms with E-state index in [1.807, 2.05) is 0 Å². The Morgan fingerprint density at radius 1 is 0.700 bits per heavy atom. The molecule has 0 spiro atoms. The Balaban J connectivity index is 1.80. The number of epoxide rings is 1. The lowest BCUT2D eigenvalue weighted by atomic mass is 10.1. The van der Waals surface area contributed by atoms with Crippen LogP contribution in [0.5, 0.6) is 0 Å². The van der Waals surface area contributed by atoms with E-state index in [4.69, 9.17) is 4.74 Å². The molecule has 0 aliphatic carbocycles. The molecule has 1 heterocycles. The van der Waals surface area contributed by atoms with Crippen LogP contribution in [0.4, 0.5) is 0 Å². The second-order valence-electron chi connectivity index (χ2n) is 6.33. The van der Waals surface area contributed by atoms with Crippen molar-refractivity contribution < 1.29 is 4.74 Å². The molecule has 20 heavy (non-hydrogen) atoms. The van der Waals surface area contributed by atoms with E-state index in [0.717, 1.165) is 6.42 Å². The number of hydrogen-bond acceptors (Lipinski definition) is 1. The second kappa shape index (κ2) is 12.4. The molecule has 0 saturated carbocycles. The quantitative estimate of drug-likeness (QED) is 0.203. The molecule has 2 unspecified atom stereocenters. The van der Waals surface area contributed by atoms with Gasteiger partial charge >= 0.3 is 0 Å². The topological polar surface area (TPSA) is 12.5 Å². The van der Waals surface area contributed by atoms with Gasteiger partial charge in [0.2, 0.25) is 0 Å². The molecule has 1 rings (SSSR count). The van der Waals surface area contributed by atoms with E-state index in [1.54, 1.807) is 0 Å². The standard InChI is InChI=1S/C19H36O/c1-3-5-7-9-10-11-13-15-17-19-18(20-19)16-14-12-8-6-4-2/h12,14,18-19H,3-11,13,15-17H2,1-2H3/b14-12-. The van der Waals surface area contributed by atoms with E-state index in [-0.39, 0.29) is 0 Å². The summed E-state index contributed by atoms with van der Waals surface area (Å²) in [6.45, 7) is 4.53. The van der Waals surface area contributed by atoms with Crippen LogP contribution in [-0.2, 0) is 4.74 Å². The lowest BCUT2D eigenvalue weighted by molar-refractivity contribution is 0.358. The highest BCUT2D eigenvalue weighted by atomic mass is 16.6.